The van der Waals surface area contributed by atoms with Gasteiger partial charge in [-0.1, -0.05) is 97.1 Å². The van der Waals surface area contributed by atoms with Gasteiger partial charge in [-0.15, -0.1) is 4.73 Å². The maximum atomic E-state index is 12.0. The van der Waals surface area contributed by atoms with Crippen molar-refractivity contribution in [1.29, 1.82) is 0 Å². The number of aromatic nitrogens is 8. The topological polar surface area (TPSA) is 147 Å². The molecule has 2 aliphatic heterocycles. The first kappa shape index (κ1) is 24.7. The van der Waals surface area contributed by atoms with E-state index in [9.17, 15) is 8.76 Å². The van der Waals surface area contributed by atoms with Crippen LogP contribution in [0.4, 0.5) is 0 Å². The fourth-order valence-corrected chi connectivity index (χ4v) is 6.06. The van der Waals surface area contributed by atoms with Crippen LogP contribution in [0, 0.1) is 0 Å². The van der Waals surface area contributed by atoms with E-state index in [2.05, 4.69) is 4.98 Å². The SMILES string of the molecule is O=S([O-])On1c2nc3nc(nc4[nH]c(nc5nc(nc1c1ccccc12)-c1ccccc1-5)c1ccccc41)-c1ccccc1-3. The molecule has 4 aromatic carbocycles. The highest BCUT2D eigenvalue weighted by atomic mass is 32.2. The molecule has 210 valence electrons. The van der Waals surface area contributed by atoms with E-state index >= 15 is 0 Å². The van der Waals surface area contributed by atoms with E-state index in [1.807, 2.05) is 97.1 Å². The van der Waals surface area contributed by atoms with Gasteiger partial charge < -0.3 is 13.8 Å². The van der Waals surface area contributed by atoms with Crippen LogP contribution in [0.1, 0.15) is 0 Å². The summed E-state index contributed by atoms with van der Waals surface area (Å²) in [5.41, 5.74) is 4.62. The first-order chi connectivity index (χ1) is 21.6. The Labute approximate surface area is 250 Å². The van der Waals surface area contributed by atoms with E-state index in [4.69, 9.17) is 34.2 Å². The monoisotopic (exact) mass is 593 g/mol. The number of hydrogen-bond donors (Lipinski definition) is 1. The first-order valence-corrected chi connectivity index (χ1v) is 14.6. The molecule has 1 atom stereocenters. The van der Waals surface area contributed by atoms with Gasteiger partial charge in [0, 0.05) is 43.8 Å². The second kappa shape index (κ2) is 9.33. The van der Waals surface area contributed by atoms with Gasteiger partial charge in [0.1, 0.15) is 11.3 Å². The lowest BCUT2D eigenvalue weighted by Gasteiger charge is -2.08. The van der Waals surface area contributed by atoms with Crippen molar-refractivity contribution in [1.82, 2.24) is 39.6 Å². The van der Waals surface area contributed by atoms with Gasteiger partial charge in [0.2, 0.25) is 0 Å². The third-order valence-corrected chi connectivity index (χ3v) is 7.97. The Bertz CT molecular complexity index is 2380. The van der Waals surface area contributed by atoms with E-state index in [-0.39, 0.29) is 11.3 Å². The van der Waals surface area contributed by atoms with Gasteiger partial charge in [0.15, 0.2) is 46.0 Å². The minimum absolute atomic E-state index is 0.207. The first-order valence-electron chi connectivity index (χ1n) is 13.6. The summed E-state index contributed by atoms with van der Waals surface area (Å²) in [4.78, 5) is 32.7. The van der Waals surface area contributed by atoms with Crippen LogP contribution in [0.15, 0.2) is 97.1 Å². The van der Waals surface area contributed by atoms with Crippen LogP contribution in [0.3, 0.4) is 0 Å². The molecule has 0 spiro atoms. The molecule has 1 N–H and O–H groups in total. The molecule has 9 rings (SSSR count). The normalized spacial score (nSPS) is 12.7. The molecule has 3 aromatic heterocycles. The summed E-state index contributed by atoms with van der Waals surface area (Å²) in [6.45, 7) is 0. The van der Waals surface area contributed by atoms with Crippen LogP contribution < -0.4 is 4.28 Å². The molecule has 0 saturated heterocycles. The zero-order valence-corrected chi connectivity index (χ0v) is 23.3. The summed E-state index contributed by atoms with van der Waals surface area (Å²) in [6, 6.07) is 30.4. The smallest absolute Gasteiger partial charge is 0.182 e. The Hall–Kier alpha value is -5.85. The Morgan fingerprint density at radius 2 is 0.886 bits per heavy atom. The van der Waals surface area contributed by atoms with Crippen molar-refractivity contribution in [3.05, 3.63) is 97.1 Å². The highest BCUT2D eigenvalue weighted by molar-refractivity contribution is 7.74. The number of nitrogens with one attached hydrogen (secondary N) is 1. The van der Waals surface area contributed by atoms with Gasteiger partial charge in [-0.3, -0.25) is 0 Å². The lowest BCUT2D eigenvalue weighted by Crippen LogP contribution is -2.14. The molecular weight excluding hydrogens is 576 g/mol. The molecule has 12 heteroatoms. The predicted molar refractivity (Wildman–Crippen MR) is 165 cm³/mol. The second-order valence-electron chi connectivity index (χ2n) is 10.2. The molecule has 0 amide bonds. The largest absolute Gasteiger partial charge is 0.738 e. The molecule has 2 aliphatic rings. The van der Waals surface area contributed by atoms with Gasteiger partial charge >= 0.3 is 0 Å². The van der Waals surface area contributed by atoms with Crippen LogP contribution in [0.25, 0.3) is 89.7 Å². The number of fused-ring (bicyclic) bond motifs is 20. The lowest BCUT2D eigenvalue weighted by atomic mass is 10.1. The number of aromatic amines is 1. The number of H-pyrrole nitrogens is 1. The maximum absolute atomic E-state index is 12.0. The molecule has 1 unspecified atom stereocenters. The third-order valence-electron chi connectivity index (χ3n) is 7.70. The number of hydrogen-bond acceptors (Lipinski definition) is 9. The van der Waals surface area contributed by atoms with Crippen LogP contribution in [-0.4, -0.2) is 48.4 Å². The van der Waals surface area contributed by atoms with E-state index in [1.165, 1.54) is 0 Å². The van der Waals surface area contributed by atoms with Crippen molar-refractivity contribution in [2.75, 3.05) is 0 Å². The molecule has 0 aliphatic carbocycles. The summed E-state index contributed by atoms with van der Waals surface area (Å²) < 4.78 is 30.5. The quantitative estimate of drug-likeness (QED) is 0.254. The summed E-state index contributed by atoms with van der Waals surface area (Å²) in [7, 11) is 0. The Kier molecular flexibility index (Phi) is 5.24. The molecule has 0 radical (unpaired) electrons. The Morgan fingerprint density at radius 3 is 1.30 bits per heavy atom. The van der Waals surface area contributed by atoms with Crippen LogP contribution in [0.2, 0.25) is 0 Å². The van der Waals surface area contributed by atoms with Crippen molar-refractivity contribution < 1.29 is 13.0 Å². The molecule has 11 nitrogen and oxygen atoms in total. The van der Waals surface area contributed by atoms with E-state index in [0.29, 0.717) is 45.4 Å². The molecular formula is C32H17N8O3S-. The van der Waals surface area contributed by atoms with Crippen LogP contribution in [-0.2, 0) is 11.4 Å². The minimum atomic E-state index is -2.94. The molecule has 0 fully saturated rings. The van der Waals surface area contributed by atoms with Crippen LogP contribution in [0.5, 0.6) is 0 Å². The fourth-order valence-electron chi connectivity index (χ4n) is 5.80. The summed E-state index contributed by atoms with van der Waals surface area (Å²) in [6.07, 6.45) is 0. The van der Waals surface area contributed by atoms with Gasteiger partial charge in [0.25, 0.3) is 0 Å². The third kappa shape index (κ3) is 3.68. The predicted octanol–water partition coefficient (Wildman–Crippen LogP) is 5.57. The van der Waals surface area contributed by atoms with Gasteiger partial charge in [0.05, 0.1) is 0 Å². The zero-order chi connectivity index (χ0) is 29.4. The highest BCUT2D eigenvalue weighted by Crippen LogP contribution is 2.37. The minimum Gasteiger partial charge on any atom is -0.738 e. The summed E-state index contributed by atoms with van der Waals surface area (Å²) >= 11 is -2.94. The maximum Gasteiger partial charge on any atom is 0.182 e. The molecule has 5 heterocycles. The van der Waals surface area contributed by atoms with Crippen molar-refractivity contribution in [2.24, 2.45) is 0 Å². The van der Waals surface area contributed by atoms with Gasteiger partial charge in [-0.2, -0.15) is 0 Å². The standard InChI is InChI=1S/C32H18N8O3S/c41-44(42)43-40-31-23-15-7-8-16-24(23)32(40)39-30-22-14-6-4-12-20(22)28(37-30)35-26-18-10-2-1-9-17(18)25(33-26)34-27-19-11-3-5-13-21(19)29(36-27)38-31/h1-16H,(H,41,42)(H,33,34,35,36,37,38,39)/p-1. The summed E-state index contributed by atoms with van der Waals surface area (Å²) in [5.74, 6) is 1.60. The lowest BCUT2D eigenvalue weighted by molar-refractivity contribution is 0.286. The van der Waals surface area contributed by atoms with Crippen molar-refractivity contribution in [2.45, 2.75) is 0 Å². The van der Waals surface area contributed by atoms with Crippen molar-refractivity contribution in [3.8, 4) is 45.6 Å². The summed E-state index contributed by atoms with van der Waals surface area (Å²) in [5, 5.41) is 2.98. The fraction of sp³-hybridized carbons (Fsp3) is 0. The highest BCUT2D eigenvalue weighted by Gasteiger charge is 2.23. The number of benzene rings is 4. The van der Waals surface area contributed by atoms with Crippen molar-refractivity contribution >= 4 is 55.5 Å². The molecule has 44 heavy (non-hydrogen) atoms. The second-order valence-corrected chi connectivity index (χ2v) is 10.7. The Balaban J connectivity index is 1.54. The van der Waals surface area contributed by atoms with E-state index < -0.39 is 11.4 Å². The number of nitrogens with zero attached hydrogens (tertiary/aromatic N) is 7. The van der Waals surface area contributed by atoms with Gasteiger partial charge in [-0.05, 0) is 0 Å². The average Bonchev–Trinajstić information content (AvgIpc) is 3.76. The van der Waals surface area contributed by atoms with Gasteiger partial charge in [-0.25, -0.2) is 34.1 Å². The molecule has 7 aromatic rings. The zero-order valence-electron chi connectivity index (χ0n) is 22.5. The van der Waals surface area contributed by atoms with Crippen molar-refractivity contribution in [3.63, 3.8) is 0 Å². The van der Waals surface area contributed by atoms with E-state index in [0.717, 1.165) is 37.8 Å². The number of rotatable bonds is 2. The average molecular weight is 594 g/mol. The molecule has 0 saturated carbocycles. The van der Waals surface area contributed by atoms with Crippen LogP contribution >= 0.6 is 0 Å². The van der Waals surface area contributed by atoms with E-state index in [1.54, 1.807) is 0 Å². The Morgan fingerprint density at radius 1 is 0.523 bits per heavy atom. The molecule has 8 bridgehead atoms.